The molecule has 2 heteroatoms. The van der Waals surface area contributed by atoms with Crippen molar-refractivity contribution in [1.29, 1.82) is 0 Å². The first-order chi connectivity index (χ1) is 8.27. The monoisotopic (exact) mass is 223 g/mol. The predicted octanol–water partition coefficient (Wildman–Crippen LogP) is 3.01. The van der Waals surface area contributed by atoms with Gasteiger partial charge in [-0.05, 0) is 18.1 Å². The van der Waals surface area contributed by atoms with Crippen LogP contribution in [0.3, 0.4) is 0 Å². The van der Waals surface area contributed by atoms with E-state index in [1.54, 1.807) is 6.47 Å². The lowest BCUT2D eigenvalue weighted by atomic mass is 9.93. The Morgan fingerprint density at radius 1 is 0.941 bits per heavy atom. The summed E-state index contributed by atoms with van der Waals surface area (Å²) in [6.07, 6.45) is 0. The maximum atomic E-state index is 10.6. The Balaban J connectivity index is 2.34. The molecule has 1 aliphatic rings. The zero-order valence-corrected chi connectivity index (χ0v) is 9.44. The van der Waals surface area contributed by atoms with Crippen molar-refractivity contribution in [2.45, 2.75) is 12.5 Å². The zero-order valence-electron chi connectivity index (χ0n) is 9.44. The second-order valence-electron chi connectivity index (χ2n) is 4.31. The standard InChI is InChI=1S/C15H11O2/c1-15(17-10-16)13-8-4-2-6-11(13)12-7-3-5-9-14(12)15/h2-9H,1H3. The van der Waals surface area contributed by atoms with E-state index in [1.807, 2.05) is 55.5 Å². The molecule has 2 aromatic carbocycles. The van der Waals surface area contributed by atoms with Crippen LogP contribution in [0.1, 0.15) is 18.1 Å². The normalized spacial score (nSPS) is 14.9. The van der Waals surface area contributed by atoms with Crippen molar-refractivity contribution in [3.63, 3.8) is 0 Å². The quantitative estimate of drug-likeness (QED) is 0.782. The molecule has 0 spiro atoms. The third kappa shape index (κ3) is 1.24. The molecule has 0 amide bonds. The molecule has 0 fully saturated rings. The fourth-order valence-electron chi connectivity index (χ4n) is 2.61. The molecule has 2 nitrogen and oxygen atoms in total. The summed E-state index contributed by atoms with van der Waals surface area (Å²) in [5.41, 5.74) is 3.57. The number of ether oxygens (including phenoxy) is 1. The summed E-state index contributed by atoms with van der Waals surface area (Å²) < 4.78 is 5.24. The van der Waals surface area contributed by atoms with E-state index in [2.05, 4.69) is 0 Å². The van der Waals surface area contributed by atoms with Crippen LogP contribution in [0, 0.1) is 0 Å². The predicted molar refractivity (Wildman–Crippen MR) is 65.1 cm³/mol. The van der Waals surface area contributed by atoms with Crippen LogP contribution in [-0.4, -0.2) is 6.47 Å². The van der Waals surface area contributed by atoms with Gasteiger partial charge >= 0.3 is 6.47 Å². The number of hydrogen-bond donors (Lipinski definition) is 0. The van der Waals surface area contributed by atoms with Gasteiger partial charge in [0.2, 0.25) is 0 Å². The van der Waals surface area contributed by atoms with Gasteiger partial charge < -0.3 is 4.74 Å². The molecule has 0 aliphatic heterocycles. The Labute approximate surface area is 99.9 Å². The summed E-state index contributed by atoms with van der Waals surface area (Å²) in [5.74, 6) is 0. The molecule has 0 bridgehead atoms. The molecule has 0 saturated heterocycles. The maximum absolute atomic E-state index is 10.6. The van der Waals surface area contributed by atoms with Crippen molar-refractivity contribution < 1.29 is 9.53 Å². The van der Waals surface area contributed by atoms with Gasteiger partial charge in [0, 0.05) is 11.1 Å². The zero-order chi connectivity index (χ0) is 11.9. The van der Waals surface area contributed by atoms with E-state index >= 15 is 0 Å². The van der Waals surface area contributed by atoms with E-state index in [9.17, 15) is 4.79 Å². The number of benzene rings is 2. The lowest BCUT2D eigenvalue weighted by Crippen LogP contribution is -2.24. The van der Waals surface area contributed by atoms with Crippen molar-refractivity contribution in [1.82, 2.24) is 0 Å². The first-order valence-electron chi connectivity index (χ1n) is 5.52. The Morgan fingerprint density at radius 2 is 1.41 bits per heavy atom. The highest BCUT2D eigenvalue weighted by molar-refractivity contribution is 5.80. The van der Waals surface area contributed by atoms with Crippen molar-refractivity contribution in [2.75, 3.05) is 0 Å². The molecule has 0 atom stereocenters. The highest BCUT2D eigenvalue weighted by atomic mass is 16.5. The van der Waals surface area contributed by atoms with Crippen LogP contribution in [0.5, 0.6) is 0 Å². The highest BCUT2D eigenvalue weighted by Gasteiger charge is 2.40. The third-order valence-corrected chi connectivity index (χ3v) is 3.42. The molecule has 17 heavy (non-hydrogen) atoms. The van der Waals surface area contributed by atoms with Gasteiger partial charge in [0.15, 0.2) is 5.60 Å². The summed E-state index contributed by atoms with van der Waals surface area (Å²) in [6, 6.07) is 16.0. The minimum Gasteiger partial charge on any atom is -0.441 e. The number of rotatable bonds is 2. The Hall–Kier alpha value is -2.09. The van der Waals surface area contributed by atoms with Crippen LogP contribution in [-0.2, 0) is 15.1 Å². The smallest absolute Gasteiger partial charge is 0.418 e. The minimum absolute atomic E-state index is 0.713. The van der Waals surface area contributed by atoms with Crippen LogP contribution in [0.2, 0.25) is 0 Å². The van der Waals surface area contributed by atoms with E-state index in [1.165, 1.54) is 0 Å². The summed E-state index contributed by atoms with van der Waals surface area (Å²) in [5, 5.41) is 0. The van der Waals surface area contributed by atoms with Crippen LogP contribution in [0.15, 0.2) is 48.5 Å². The largest absolute Gasteiger partial charge is 0.441 e. The van der Waals surface area contributed by atoms with Gasteiger partial charge in [-0.25, -0.2) is 4.79 Å². The second kappa shape index (κ2) is 3.45. The van der Waals surface area contributed by atoms with Crippen molar-refractivity contribution in [2.24, 2.45) is 0 Å². The average molecular weight is 223 g/mol. The fraction of sp³-hybridized carbons (Fsp3) is 0.133. The van der Waals surface area contributed by atoms with E-state index in [0.717, 1.165) is 22.3 Å². The molecule has 1 aliphatic carbocycles. The highest BCUT2D eigenvalue weighted by Crippen LogP contribution is 2.48. The molecule has 0 saturated carbocycles. The van der Waals surface area contributed by atoms with Crippen LogP contribution < -0.4 is 0 Å². The van der Waals surface area contributed by atoms with Gasteiger partial charge in [0.05, 0.1) is 0 Å². The fourth-order valence-corrected chi connectivity index (χ4v) is 2.61. The van der Waals surface area contributed by atoms with Crippen molar-refractivity contribution in [3.8, 4) is 11.1 Å². The first kappa shape index (κ1) is 10.1. The third-order valence-electron chi connectivity index (χ3n) is 3.42. The molecular weight excluding hydrogens is 212 g/mol. The maximum Gasteiger partial charge on any atom is 0.418 e. The van der Waals surface area contributed by atoms with Gasteiger partial charge in [-0.3, -0.25) is 0 Å². The lowest BCUT2D eigenvalue weighted by Gasteiger charge is -2.24. The van der Waals surface area contributed by atoms with E-state index in [-0.39, 0.29) is 0 Å². The van der Waals surface area contributed by atoms with Crippen LogP contribution >= 0.6 is 0 Å². The average Bonchev–Trinajstić information content (AvgIpc) is 2.62. The van der Waals surface area contributed by atoms with Crippen molar-refractivity contribution in [3.05, 3.63) is 59.7 Å². The summed E-state index contributed by atoms with van der Waals surface area (Å²) in [4.78, 5) is 10.6. The number of carbonyl (C=O) groups excluding carboxylic acids is 1. The Kier molecular flexibility index (Phi) is 2.05. The Bertz CT molecular complexity index is 541. The molecule has 83 valence electrons. The molecule has 0 unspecified atom stereocenters. The van der Waals surface area contributed by atoms with Crippen LogP contribution in [0.25, 0.3) is 11.1 Å². The van der Waals surface area contributed by atoms with Gasteiger partial charge in [0.25, 0.3) is 0 Å². The summed E-state index contributed by atoms with van der Waals surface area (Å²) in [7, 11) is 0. The van der Waals surface area contributed by atoms with E-state index in [0.29, 0.717) is 0 Å². The molecule has 0 N–H and O–H groups in total. The summed E-state index contributed by atoms with van der Waals surface area (Å²) >= 11 is 0. The number of fused-ring (bicyclic) bond motifs is 3. The molecule has 1 radical (unpaired) electrons. The van der Waals surface area contributed by atoms with Gasteiger partial charge in [-0.1, -0.05) is 48.5 Å². The topological polar surface area (TPSA) is 26.3 Å². The van der Waals surface area contributed by atoms with Crippen LogP contribution in [0.4, 0.5) is 0 Å². The molecule has 0 aromatic heterocycles. The molecule has 0 heterocycles. The van der Waals surface area contributed by atoms with Crippen molar-refractivity contribution >= 4 is 6.47 Å². The number of hydrogen-bond acceptors (Lipinski definition) is 2. The van der Waals surface area contributed by atoms with E-state index < -0.39 is 5.60 Å². The molecular formula is C15H11O2. The second-order valence-corrected chi connectivity index (χ2v) is 4.31. The summed E-state index contributed by atoms with van der Waals surface area (Å²) in [6.45, 7) is 3.49. The van der Waals surface area contributed by atoms with Gasteiger partial charge in [-0.2, -0.15) is 0 Å². The lowest BCUT2D eigenvalue weighted by molar-refractivity contribution is 0.115. The van der Waals surface area contributed by atoms with E-state index in [4.69, 9.17) is 4.74 Å². The Morgan fingerprint density at radius 3 is 1.88 bits per heavy atom. The SMILES string of the molecule is CC1(O[C]=O)c2ccccc2-c2ccccc21. The van der Waals surface area contributed by atoms with Gasteiger partial charge in [-0.15, -0.1) is 0 Å². The molecule has 2 aromatic rings. The van der Waals surface area contributed by atoms with Gasteiger partial charge in [0.1, 0.15) is 0 Å². The first-order valence-corrected chi connectivity index (χ1v) is 5.52. The minimum atomic E-state index is -0.713. The molecule has 3 rings (SSSR count).